The van der Waals surface area contributed by atoms with Crippen LogP contribution in [-0.4, -0.2) is 43.3 Å². The van der Waals surface area contributed by atoms with Gasteiger partial charge in [0.2, 0.25) is 0 Å². The number of aliphatic carboxylic acids is 1. The predicted octanol–water partition coefficient (Wildman–Crippen LogP) is 3.74. The van der Waals surface area contributed by atoms with Gasteiger partial charge in [0.25, 0.3) is 0 Å². The van der Waals surface area contributed by atoms with E-state index in [1.54, 1.807) is 73.4 Å². The molecule has 4 aromatic rings. The maximum absolute atomic E-state index is 12.9. The smallest absolute Gasteiger partial charge is 0.313 e. The van der Waals surface area contributed by atoms with Crippen molar-refractivity contribution in [2.45, 2.75) is 24.9 Å². The van der Waals surface area contributed by atoms with Gasteiger partial charge < -0.3 is 23.7 Å². The van der Waals surface area contributed by atoms with E-state index in [-0.39, 0.29) is 18.9 Å². The third-order valence-corrected chi connectivity index (χ3v) is 5.47. The molecule has 2 aromatic carbocycles. The van der Waals surface area contributed by atoms with E-state index in [9.17, 15) is 14.7 Å². The largest absolute Gasteiger partial charge is 0.497 e. The van der Waals surface area contributed by atoms with Crippen molar-refractivity contribution in [2.24, 2.45) is 0 Å². The van der Waals surface area contributed by atoms with Gasteiger partial charge in [0.05, 0.1) is 44.7 Å². The number of hydrogen-bond acceptors (Lipinski definition) is 6. The van der Waals surface area contributed by atoms with Gasteiger partial charge in [-0.3, -0.25) is 9.59 Å². The number of aromatic nitrogens is 4. The zero-order chi connectivity index (χ0) is 23.9. The lowest BCUT2D eigenvalue weighted by molar-refractivity contribution is -0.138. The fourth-order valence-electron chi connectivity index (χ4n) is 3.81. The number of methoxy groups -OCH3 is 1. The monoisotopic (exact) mass is 460 g/mol. The molecule has 0 saturated carbocycles. The number of hydrogen-bond donors (Lipinski definition) is 1. The molecule has 9 nitrogen and oxygen atoms in total. The SMILES string of the molecule is COc1ccc(C(CC(=O)Oc2cccc(C(CC(=O)O)n3ccnc3)c2)n2ccnc2)cc1. The summed E-state index contributed by atoms with van der Waals surface area (Å²) in [7, 11) is 1.60. The molecule has 9 heteroatoms. The highest BCUT2D eigenvalue weighted by Crippen LogP contribution is 2.28. The summed E-state index contributed by atoms with van der Waals surface area (Å²) in [6.07, 6.45) is 9.92. The second-order valence-corrected chi connectivity index (χ2v) is 7.67. The molecule has 0 fully saturated rings. The van der Waals surface area contributed by atoms with E-state index in [0.717, 1.165) is 11.3 Å². The molecule has 4 rings (SSSR count). The van der Waals surface area contributed by atoms with Crippen molar-refractivity contribution < 1.29 is 24.2 Å². The summed E-state index contributed by atoms with van der Waals surface area (Å²) in [4.78, 5) is 32.4. The van der Waals surface area contributed by atoms with Crippen LogP contribution in [0.25, 0.3) is 0 Å². The topological polar surface area (TPSA) is 108 Å². The van der Waals surface area contributed by atoms with Gasteiger partial charge in [-0.25, -0.2) is 9.97 Å². The quantitative estimate of drug-likeness (QED) is 0.284. The number of esters is 1. The molecular weight excluding hydrogens is 436 g/mol. The molecule has 34 heavy (non-hydrogen) atoms. The predicted molar refractivity (Wildman–Crippen MR) is 123 cm³/mol. The van der Waals surface area contributed by atoms with E-state index in [2.05, 4.69) is 9.97 Å². The van der Waals surface area contributed by atoms with Crippen LogP contribution in [0.1, 0.15) is 36.1 Å². The number of carbonyl (C=O) groups is 2. The van der Waals surface area contributed by atoms with Crippen LogP contribution in [0.4, 0.5) is 0 Å². The van der Waals surface area contributed by atoms with Crippen molar-refractivity contribution in [3.63, 3.8) is 0 Å². The van der Waals surface area contributed by atoms with Crippen molar-refractivity contribution in [1.29, 1.82) is 0 Å². The van der Waals surface area contributed by atoms with Gasteiger partial charge in [-0.1, -0.05) is 24.3 Å². The normalized spacial score (nSPS) is 12.6. The first-order chi connectivity index (χ1) is 16.5. The number of ether oxygens (including phenoxy) is 2. The van der Waals surface area contributed by atoms with Crippen LogP contribution in [0.2, 0.25) is 0 Å². The summed E-state index contributed by atoms with van der Waals surface area (Å²) in [6.45, 7) is 0. The Morgan fingerprint density at radius 1 is 0.882 bits per heavy atom. The third-order valence-electron chi connectivity index (χ3n) is 5.47. The van der Waals surface area contributed by atoms with E-state index < -0.39 is 18.0 Å². The van der Waals surface area contributed by atoms with Crippen LogP contribution < -0.4 is 9.47 Å². The van der Waals surface area contributed by atoms with Gasteiger partial charge >= 0.3 is 11.9 Å². The molecule has 2 aromatic heterocycles. The summed E-state index contributed by atoms with van der Waals surface area (Å²) in [5, 5.41) is 9.36. The first-order valence-electron chi connectivity index (χ1n) is 10.6. The fourth-order valence-corrected chi connectivity index (χ4v) is 3.81. The zero-order valence-corrected chi connectivity index (χ0v) is 18.5. The minimum absolute atomic E-state index is 0.0764. The van der Waals surface area contributed by atoms with Crippen LogP contribution in [-0.2, 0) is 9.59 Å². The minimum Gasteiger partial charge on any atom is -0.497 e. The Balaban J connectivity index is 1.52. The van der Waals surface area contributed by atoms with Crippen LogP contribution in [0.5, 0.6) is 11.5 Å². The van der Waals surface area contributed by atoms with Crippen LogP contribution in [0.3, 0.4) is 0 Å². The third kappa shape index (κ3) is 5.50. The number of carbonyl (C=O) groups excluding carboxylic acids is 1. The molecule has 0 aliphatic rings. The lowest BCUT2D eigenvalue weighted by Gasteiger charge is -2.20. The minimum atomic E-state index is -0.941. The first kappa shape index (κ1) is 22.8. The lowest BCUT2D eigenvalue weighted by atomic mass is 10.0. The zero-order valence-electron chi connectivity index (χ0n) is 18.5. The second kappa shape index (κ2) is 10.5. The van der Waals surface area contributed by atoms with Gasteiger partial charge in [-0.05, 0) is 35.4 Å². The summed E-state index contributed by atoms with van der Waals surface area (Å²) >= 11 is 0. The molecule has 2 heterocycles. The molecule has 0 spiro atoms. The molecular formula is C25H24N4O5. The van der Waals surface area contributed by atoms with E-state index in [1.165, 1.54) is 0 Å². The molecule has 1 N–H and O–H groups in total. The second-order valence-electron chi connectivity index (χ2n) is 7.67. The van der Waals surface area contributed by atoms with Gasteiger partial charge in [-0.15, -0.1) is 0 Å². The molecule has 0 radical (unpaired) electrons. The van der Waals surface area contributed by atoms with Crippen molar-refractivity contribution in [3.8, 4) is 11.5 Å². The molecule has 0 amide bonds. The number of imidazole rings is 2. The Hall–Kier alpha value is -4.40. The Labute approximate surface area is 196 Å². The number of carboxylic acid groups (broad SMARTS) is 1. The maximum Gasteiger partial charge on any atom is 0.313 e. The van der Waals surface area contributed by atoms with Gasteiger partial charge in [-0.2, -0.15) is 0 Å². The summed E-state index contributed by atoms with van der Waals surface area (Å²) in [5.41, 5.74) is 1.61. The van der Waals surface area contributed by atoms with Gasteiger partial charge in [0.1, 0.15) is 11.5 Å². The Bertz CT molecular complexity index is 1220. The molecule has 0 aliphatic heterocycles. The number of rotatable bonds is 10. The van der Waals surface area contributed by atoms with Crippen LogP contribution >= 0.6 is 0 Å². The lowest BCUT2D eigenvalue weighted by Crippen LogP contribution is -2.18. The highest BCUT2D eigenvalue weighted by atomic mass is 16.5. The Morgan fingerprint density at radius 2 is 1.53 bits per heavy atom. The highest BCUT2D eigenvalue weighted by molar-refractivity contribution is 5.73. The standard InChI is InChI=1S/C25H24N4O5/c1-33-20-7-5-18(6-8-20)23(29-12-10-27-17-29)15-25(32)34-21-4-2-3-19(13-21)22(14-24(30)31)28-11-9-26-16-28/h2-13,16-17,22-23H,14-15H2,1H3,(H,30,31). The molecule has 0 aliphatic carbocycles. The van der Waals surface area contributed by atoms with Crippen LogP contribution in [0, 0.1) is 0 Å². The molecule has 174 valence electrons. The number of nitrogens with zero attached hydrogens (tertiary/aromatic N) is 4. The van der Waals surface area contributed by atoms with Crippen molar-refractivity contribution in [3.05, 3.63) is 97.1 Å². The Kier molecular flexibility index (Phi) is 7.02. The van der Waals surface area contributed by atoms with Crippen molar-refractivity contribution >= 4 is 11.9 Å². The van der Waals surface area contributed by atoms with E-state index >= 15 is 0 Å². The average molecular weight is 460 g/mol. The fraction of sp³-hybridized carbons (Fsp3) is 0.200. The number of carboxylic acids is 1. The highest BCUT2D eigenvalue weighted by Gasteiger charge is 2.21. The van der Waals surface area contributed by atoms with Crippen LogP contribution in [0.15, 0.2) is 86.0 Å². The van der Waals surface area contributed by atoms with E-state index in [4.69, 9.17) is 9.47 Å². The summed E-state index contributed by atoms with van der Waals surface area (Å²) < 4.78 is 14.4. The molecule has 2 unspecified atom stereocenters. The van der Waals surface area contributed by atoms with E-state index in [1.807, 2.05) is 28.8 Å². The molecule has 2 atom stereocenters. The maximum atomic E-state index is 12.9. The Morgan fingerprint density at radius 3 is 2.09 bits per heavy atom. The molecule has 0 saturated heterocycles. The summed E-state index contributed by atoms with van der Waals surface area (Å²) in [5.74, 6) is -0.300. The van der Waals surface area contributed by atoms with Crippen molar-refractivity contribution in [1.82, 2.24) is 19.1 Å². The van der Waals surface area contributed by atoms with Crippen molar-refractivity contribution in [2.75, 3.05) is 7.11 Å². The van der Waals surface area contributed by atoms with E-state index in [0.29, 0.717) is 11.3 Å². The molecule has 0 bridgehead atoms. The first-order valence-corrected chi connectivity index (χ1v) is 10.6. The van der Waals surface area contributed by atoms with Gasteiger partial charge in [0, 0.05) is 24.8 Å². The van der Waals surface area contributed by atoms with Gasteiger partial charge in [0.15, 0.2) is 0 Å². The average Bonchev–Trinajstić information content (AvgIpc) is 3.56. The number of benzene rings is 2. The summed E-state index contributed by atoms with van der Waals surface area (Å²) in [6, 6.07) is 13.6.